The zero-order chi connectivity index (χ0) is 29.1. The molecule has 0 aromatic heterocycles. The van der Waals surface area contributed by atoms with E-state index < -0.39 is 21.3 Å². The Bertz CT molecular complexity index is 1560. The molecule has 2 aliphatic carbocycles. The molecule has 0 radical (unpaired) electrons. The number of rotatable bonds is 10. The molecule has 212 valence electrons. The fourth-order valence-electron chi connectivity index (χ4n) is 6.86. The van der Waals surface area contributed by atoms with Crippen molar-refractivity contribution in [2.45, 2.75) is 76.3 Å². The topological polar surface area (TPSA) is 0 Å². The monoisotopic (exact) mass is 626 g/mol. The summed E-state index contributed by atoms with van der Waals surface area (Å²) in [6.45, 7) is 9.10. The molecule has 4 aromatic carbocycles. The molecule has 0 heterocycles. The molecule has 0 amide bonds. The molecule has 42 heavy (non-hydrogen) atoms. The summed E-state index contributed by atoms with van der Waals surface area (Å²) in [5.41, 5.74) is 14.6. The first-order valence-corrected chi connectivity index (χ1v) is 20.0. The van der Waals surface area contributed by atoms with Crippen molar-refractivity contribution in [3.05, 3.63) is 151 Å². The maximum absolute atomic E-state index is 2.63. The molecule has 0 atom stereocenters. The number of hydrogen-bond acceptors (Lipinski definition) is 0. The van der Waals surface area contributed by atoms with Gasteiger partial charge in [-0.1, -0.05) is 0 Å². The van der Waals surface area contributed by atoms with Crippen molar-refractivity contribution in [2.24, 2.45) is 0 Å². The molecule has 4 aromatic rings. The van der Waals surface area contributed by atoms with Crippen molar-refractivity contribution in [1.82, 2.24) is 0 Å². The third-order valence-electron chi connectivity index (χ3n) is 9.12. The Labute approximate surface area is 261 Å². The van der Waals surface area contributed by atoms with E-state index in [1.165, 1.54) is 83.0 Å². The first kappa shape index (κ1) is 29.2. The number of aryl methyl sites for hydroxylation is 4. The van der Waals surface area contributed by atoms with E-state index in [0.717, 1.165) is 6.42 Å². The van der Waals surface area contributed by atoms with Crippen molar-refractivity contribution in [2.75, 3.05) is 0 Å². The number of benzene rings is 4. The van der Waals surface area contributed by atoms with E-state index in [2.05, 4.69) is 131 Å². The summed E-state index contributed by atoms with van der Waals surface area (Å²) in [7, 11) is 0. The number of allylic oxidation sites excluding steroid dienone is 4. The summed E-state index contributed by atoms with van der Waals surface area (Å²) < 4.78 is 3.84. The second-order valence-electron chi connectivity index (χ2n) is 12.3. The van der Waals surface area contributed by atoms with Crippen molar-refractivity contribution in [3.8, 4) is 11.1 Å². The minimum atomic E-state index is -2.63. The van der Waals surface area contributed by atoms with Crippen molar-refractivity contribution in [1.29, 1.82) is 0 Å². The Kier molecular flexibility index (Phi) is 9.16. The minimum absolute atomic E-state index is 0.470. The summed E-state index contributed by atoms with van der Waals surface area (Å²) in [5.74, 6) is 0. The zero-order valence-electron chi connectivity index (χ0n) is 25.8. The van der Waals surface area contributed by atoms with Gasteiger partial charge < -0.3 is 0 Å². The standard InChI is InChI=1S/C21H26.C15H13.C5H5.Zr/c1-3-5-7-18-9-13-20(14-10-18)17-21-15-11-19(12-16-21)8-6-4-2;1-10-3-5-14-12(7-10)9-13-8-11(2)4-6-15(13)14;1-2-4-5-3-1;/h9-16H,3-8H2,1-2H3;3-9H,1-2H3;1-3H,4H2;. The summed E-state index contributed by atoms with van der Waals surface area (Å²) in [4.78, 5) is 0. The van der Waals surface area contributed by atoms with Crippen LogP contribution in [-0.4, -0.2) is 3.21 Å². The van der Waals surface area contributed by atoms with Crippen molar-refractivity contribution in [3.63, 3.8) is 0 Å². The molecule has 0 fully saturated rings. The Morgan fingerprint density at radius 2 is 1.17 bits per heavy atom. The van der Waals surface area contributed by atoms with E-state index in [9.17, 15) is 0 Å². The van der Waals surface area contributed by atoms with Crippen LogP contribution in [0.4, 0.5) is 0 Å². The molecular formula is C41H44Zr. The van der Waals surface area contributed by atoms with Gasteiger partial charge in [0.15, 0.2) is 0 Å². The molecule has 0 saturated carbocycles. The van der Waals surface area contributed by atoms with Crippen LogP contribution in [0.1, 0.15) is 94.1 Å². The van der Waals surface area contributed by atoms with Crippen LogP contribution in [0.5, 0.6) is 0 Å². The number of fused-ring (bicyclic) bond motifs is 3. The molecule has 0 bridgehead atoms. The van der Waals surface area contributed by atoms with Gasteiger partial charge in [0.1, 0.15) is 0 Å². The summed E-state index contributed by atoms with van der Waals surface area (Å²) >= 11 is -2.63. The Morgan fingerprint density at radius 1 is 0.667 bits per heavy atom. The third-order valence-corrected chi connectivity index (χ3v) is 17.4. The summed E-state index contributed by atoms with van der Waals surface area (Å²) in [6, 6.07) is 33.9. The molecule has 0 saturated heterocycles. The van der Waals surface area contributed by atoms with Gasteiger partial charge in [-0.2, -0.15) is 0 Å². The Balaban J connectivity index is 1.62. The van der Waals surface area contributed by atoms with E-state index in [1.807, 2.05) is 0 Å². The van der Waals surface area contributed by atoms with E-state index in [-0.39, 0.29) is 0 Å². The van der Waals surface area contributed by atoms with E-state index >= 15 is 0 Å². The Morgan fingerprint density at radius 3 is 1.60 bits per heavy atom. The van der Waals surface area contributed by atoms with Gasteiger partial charge in [0.2, 0.25) is 0 Å². The molecule has 0 spiro atoms. The molecular weight excluding hydrogens is 584 g/mol. The van der Waals surface area contributed by atoms with E-state index in [4.69, 9.17) is 0 Å². The second-order valence-corrected chi connectivity index (χ2v) is 18.6. The second kappa shape index (κ2) is 13.2. The van der Waals surface area contributed by atoms with Crippen LogP contribution in [0.3, 0.4) is 0 Å². The van der Waals surface area contributed by atoms with E-state index in [1.54, 1.807) is 17.6 Å². The molecule has 2 aliphatic rings. The van der Waals surface area contributed by atoms with Crippen molar-refractivity contribution < 1.29 is 21.3 Å². The quantitative estimate of drug-likeness (QED) is 0.164. The zero-order valence-corrected chi connectivity index (χ0v) is 28.3. The first-order chi connectivity index (χ1) is 20.6. The van der Waals surface area contributed by atoms with Gasteiger partial charge in [-0.15, -0.1) is 0 Å². The van der Waals surface area contributed by atoms with Gasteiger partial charge in [0.25, 0.3) is 0 Å². The van der Waals surface area contributed by atoms with Gasteiger partial charge in [-0.3, -0.25) is 0 Å². The van der Waals surface area contributed by atoms with Crippen LogP contribution in [0.2, 0.25) is 0 Å². The molecule has 0 aliphatic heterocycles. The van der Waals surface area contributed by atoms with Crippen LogP contribution >= 0.6 is 0 Å². The van der Waals surface area contributed by atoms with Gasteiger partial charge in [0.05, 0.1) is 0 Å². The van der Waals surface area contributed by atoms with Crippen LogP contribution in [0.25, 0.3) is 11.1 Å². The van der Waals surface area contributed by atoms with E-state index in [0.29, 0.717) is 3.63 Å². The fourth-order valence-corrected chi connectivity index (χ4v) is 15.8. The van der Waals surface area contributed by atoms with Crippen LogP contribution in [0, 0.1) is 13.8 Å². The Hall–Kier alpha value is -2.89. The fraction of sp³-hybridized carbons (Fsp3) is 0.293. The van der Waals surface area contributed by atoms with Gasteiger partial charge in [-0.05, 0) is 0 Å². The maximum atomic E-state index is 2.51. The molecule has 1 heteroatoms. The average molecular weight is 628 g/mol. The number of hydrogen-bond donors (Lipinski definition) is 0. The van der Waals surface area contributed by atoms with Crippen LogP contribution in [0.15, 0.2) is 106 Å². The predicted molar refractivity (Wildman–Crippen MR) is 178 cm³/mol. The molecule has 0 N–H and O–H groups in total. The average Bonchev–Trinajstić information content (AvgIpc) is 3.65. The molecule has 6 rings (SSSR count). The first-order valence-electron chi connectivity index (χ1n) is 16.1. The van der Waals surface area contributed by atoms with Gasteiger partial charge in [-0.25, -0.2) is 0 Å². The summed E-state index contributed by atoms with van der Waals surface area (Å²) in [5, 5.41) is 0. The predicted octanol–water partition coefficient (Wildman–Crippen LogP) is 10.8. The normalized spacial score (nSPS) is 13.7. The molecule has 0 unspecified atom stereocenters. The number of unbranched alkanes of at least 4 members (excludes halogenated alkanes) is 2. The molecule has 0 nitrogen and oxygen atoms in total. The van der Waals surface area contributed by atoms with Crippen LogP contribution in [-0.2, 0) is 34.1 Å². The SMILES string of the molecule is CCCCc1ccc([C](c2ccc(CCCC)cc2)=[Zr]([C]2=CC=CC2)[CH]2c3cc(C)ccc3-c3ccc(C)cc32)cc1. The van der Waals surface area contributed by atoms with Crippen LogP contribution < -0.4 is 0 Å². The summed E-state index contributed by atoms with van der Waals surface area (Å²) in [6.07, 6.45) is 15.6. The van der Waals surface area contributed by atoms with Gasteiger partial charge >= 0.3 is 263 Å². The van der Waals surface area contributed by atoms with Gasteiger partial charge in [0, 0.05) is 0 Å². The third kappa shape index (κ3) is 5.96. The van der Waals surface area contributed by atoms with Crippen molar-refractivity contribution >= 4 is 3.21 Å².